The Hall–Kier alpha value is -1.06. The normalized spacial score (nSPS) is 37.5. The summed E-state index contributed by atoms with van der Waals surface area (Å²) >= 11 is 0. The zero-order valence-corrected chi connectivity index (χ0v) is 11.3. The Morgan fingerprint density at radius 1 is 1.11 bits per heavy atom. The van der Waals surface area contributed by atoms with Crippen LogP contribution >= 0.6 is 0 Å². The Kier molecular flexibility index (Phi) is 2.61. The predicted octanol–water partition coefficient (Wildman–Crippen LogP) is 2.24. The molecule has 2 fully saturated rings. The van der Waals surface area contributed by atoms with E-state index in [0.29, 0.717) is 18.1 Å². The zero-order valence-electron chi connectivity index (χ0n) is 11.3. The van der Waals surface area contributed by atoms with Crippen molar-refractivity contribution in [1.29, 1.82) is 0 Å². The lowest BCUT2D eigenvalue weighted by molar-refractivity contribution is 0.00986. The summed E-state index contributed by atoms with van der Waals surface area (Å²) in [7, 11) is 0. The quantitative estimate of drug-likeness (QED) is 0.760. The third-order valence-electron chi connectivity index (χ3n) is 5.34. The summed E-state index contributed by atoms with van der Waals surface area (Å²) in [6.07, 6.45) is 6.78. The second kappa shape index (κ2) is 4.22. The molecule has 1 aromatic carbocycles. The monoisotopic (exact) mass is 258 g/mol. The number of nitrogens with zero attached hydrogens (tertiary/aromatic N) is 1. The van der Waals surface area contributed by atoms with E-state index in [2.05, 4.69) is 17.0 Å². The van der Waals surface area contributed by atoms with Crippen molar-refractivity contribution in [2.45, 2.75) is 62.8 Å². The summed E-state index contributed by atoms with van der Waals surface area (Å²) in [5, 5.41) is 9.94. The Bertz CT molecular complexity index is 488. The van der Waals surface area contributed by atoms with Crippen LogP contribution in [0.25, 0.3) is 0 Å². The van der Waals surface area contributed by atoms with Gasteiger partial charge in [0.25, 0.3) is 0 Å². The van der Waals surface area contributed by atoms with Crippen LogP contribution < -0.4 is 5.73 Å². The highest BCUT2D eigenvalue weighted by Crippen LogP contribution is 2.46. The van der Waals surface area contributed by atoms with Gasteiger partial charge in [0.2, 0.25) is 0 Å². The predicted molar refractivity (Wildman–Crippen MR) is 75.8 cm³/mol. The lowest BCUT2D eigenvalue weighted by Crippen LogP contribution is -2.46. The van der Waals surface area contributed by atoms with Gasteiger partial charge in [-0.1, -0.05) is 6.07 Å². The van der Waals surface area contributed by atoms with Crippen molar-refractivity contribution in [2.75, 3.05) is 5.73 Å². The number of aliphatic hydroxyl groups excluding tert-OH is 1. The molecule has 2 bridgehead atoms. The molecular weight excluding hydrogens is 236 g/mol. The molecule has 3 heteroatoms. The fraction of sp³-hybridized carbons (Fsp3) is 0.625. The minimum atomic E-state index is -0.0685. The summed E-state index contributed by atoms with van der Waals surface area (Å²) in [5.74, 6) is 0. The van der Waals surface area contributed by atoms with Gasteiger partial charge in [-0.15, -0.1) is 0 Å². The van der Waals surface area contributed by atoms with Crippen molar-refractivity contribution in [1.82, 2.24) is 4.90 Å². The highest BCUT2D eigenvalue weighted by Gasteiger charge is 2.45. The number of anilines is 1. The largest absolute Gasteiger partial charge is 0.399 e. The maximum absolute atomic E-state index is 9.94. The fourth-order valence-corrected chi connectivity index (χ4v) is 4.62. The molecule has 3 nitrogen and oxygen atoms in total. The molecule has 4 rings (SSSR count). The van der Waals surface area contributed by atoms with Crippen LogP contribution in [0.1, 0.15) is 49.3 Å². The number of fused-ring (bicyclic) bond motifs is 3. The highest BCUT2D eigenvalue weighted by atomic mass is 16.3. The van der Waals surface area contributed by atoms with Gasteiger partial charge in [-0.3, -0.25) is 4.90 Å². The molecule has 3 N–H and O–H groups in total. The van der Waals surface area contributed by atoms with Crippen LogP contribution in [0.2, 0.25) is 0 Å². The van der Waals surface area contributed by atoms with Crippen molar-refractivity contribution in [3.8, 4) is 0 Å². The van der Waals surface area contributed by atoms with Crippen molar-refractivity contribution < 1.29 is 5.11 Å². The number of hydrogen-bond acceptors (Lipinski definition) is 3. The van der Waals surface area contributed by atoms with E-state index in [0.717, 1.165) is 24.9 Å². The van der Waals surface area contributed by atoms with E-state index in [-0.39, 0.29) is 6.10 Å². The lowest BCUT2D eigenvalue weighted by atomic mass is 9.95. The summed E-state index contributed by atoms with van der Waals surface area (Å²) < 4.78 is 0. The van der Waals surface area contributed by atoms with Crippen LogP contribution in [0.3, 0.4) is 0 Å². The van der Waals surface area contributed by atoms with E-state index >= 15 is 0 Å². The van der Waals surface area contributed by atoms with Gasteiger partial charge in [-0.25, -0.2) is 0 Å². The molecule has 0 amide bonds. The Labute approximate surface area is 114 Å². The average molecular weight is 258 g/mol. The Balaban J connectivity index is 1.66. The Morgan fingerprint density at radius 3 is 2.58 bits per heavy atom. The molecule has 1 aliphatic carbocycles. The molecule has 2 heterocycles. The van der Waals surface area contributed by atoms with Gasteiger partial charge in [0.1, 0.15) is 0 Å². The summed E-state index contributed by atoms with van der Waals surface area (Å²) in [4.78, 5) is 2.72. The molecule has 1 aromatic rings. The lowest BCUT2D eigenvalue weighted by Gasteiger charge is -2.41. The van der Waals surface area contributed by atoms with E-state index in [1.54, 1.807) is 0 Å². The molecule has 0 radical (unpaired) electrons. The second-order valence-corrected chi connectivity index (χ2v) is 6.47. The van der Waals surface area contributed by atoms with Crippen LogP contribution in [0.5, 0.6) is 0 Å². The van der Waals surface area contributed by atoms with E-state index in [1.165, 1.54) is 30.4 Å². The van der Waals surface area contributed by atoms with Crippen LogP contribution in [0.15, 0.2) is 18.2 Å². The number of rotatable bonds is 1. The van der Waals surface area contributed by atoms with E-state index in [9.17, 15) is 5.11 Å². The molecule has 0 spiro atoms. The number of benzene rings is 1. The number of aryl methyl sites for hydroxylation is 1. The van der Waals surface area contributed by atoms with Gasteiger partial charge >= 0.3 is 0 Å². The van der Waals surface area contributed by atoms with Crippen LogP contribution in [-0.4, -0.2) is 28.2 Å². The van der Waals surface area contributed by atoms with Crippen LogP contribution in [0, 0.1) is 0 Å². The number of hydrogen-bond donors (Lipinski definition) is 2. The fourth-order valence-electron chi connectivity index (χ4n) is 4.62. The van der Waals surface area contributed by atoms with Crippen molar-refractivity contribution in [2.24, 2.45) is 0 Å². The first-order chi connectivity index (χ1) is 9.22. The minimum absolute atomic E-state index is 0.0685. The van der Waals surface area contributed by atoms with Gasteiger partial charge in [-0.05, 0) is 61.8 Å². The summed E-state index contributed by atoms with van der Waals surface area (Å²) in [6, 6.07) is 8.19. The summed E-state index contributed by atoms with van der Waals surface area (Å²) in [5.41, 5.74) is 9.71. The van der Waals surface area contributed by atoms with Crippen molar-refractivity contribution in [3.63, 3.8) is 0 Å². The Morgan fingerprint density at radius 2 is 1.84 bits per heavy atom. The van der Waals surface area contributed by atoms with Gasteiger partial charge < -0.3 is 10.8 Å². The molecule has 19 heavy (non-hydrogen) atoms. The number of nitrogen functional groups attached to an aromatic ring is 1. The smallest absolute Gasteiger partial charge is 0.0570 e. The maximum Gasteiger partial charge on any atom is 0.0570 e. The first-order valence-corrected chi connectivity index (χ1v) is 7.56. The maximum atomic E-state index is 9.94. The van der Waals surface area contributed by atoms with Crippen LogP contribution in [-0.2, 0) is 6.42 Å². The van der Waals surface area contributed by atoms with Crippen molar-refractivity contribution >= 4 is 5.69 Å². The van der Waals surface area contributed by atoms with Crippen LogP contribution in [0.4, 0.5) is 5.69 Å². The standard InChI is InChI=1S/C16H22N2O/c17-11-2-5-15-10(7-11)1-6-16(15)18-12-3-4-13(18)9-14(19)8-12/h2,5,7,12-14,16,19H,1,3-4,6,8-9,17H2. The average Bonchev–Trinajstić information content (AvgIpc) is 2.88. The first kappa shape index (κ1) is 11.7. The third-order valence-corrected chi connectivity index (χ3v) is 5.34. The number of nitrogens with two attached hydrogens (primary N) is 1. The molecule has 3 aliphatic rings. The van der Waals surface area contributed by atoms with Gasteiger partial charge in [0.15, 0.2) is 0 Å². The third kappa shape index (κ3) is 1.79. The van der Waals surface area contributed by atoms with Gasteiger partial charge in [0, 0.05) is 23.8 Å². The van der Waals surface area contributed by atoms with Gasteiger partial charge in [-0.2, -0.15) is 0 Å². The summed E-state index contributed by atoms with van der Waals surface area (Å²) in [6.45, 7) is 0. The molecular formula is C16H22N2O. The molecule has 3 unspecified atom stereocenters. The van der Waals surface area contributed by atoms with E-state index in [4.69, 9.17) is 5.73 Å². The second-order valence-electron chi connectivity index (χ2n) is 6.47. The SMILES string of the molecule is Nc1ccc2c(c1)CCC2N1C2CCC1CC(O)C2. The number of piperidine rings is 1. The topological polar surface area (TPSA) is 49.5 Å². The zero-order chi connectivity index (χ0) is 13.0. The first-order valence-electron chi connectivity index (χ1n) is 7.56. The molecule has 102 valence electrons. The molecule has 0 aromatic heterocycles. The highest BCUT2D eigenvalue weighted by molar-refractivity contribution is 5.48. The minimum Gasteiger partial charge on any atom is -0.399 e. The molecule has 0 saturated carbocycles. The molecule has 2 aliphatic heterocycles. The number of aliphatic hydroxyl groups is 1. The molecule has 2 saturated heterocycles. The molecule has 3 atom stereocenters. The van der Waals surface area contributed by atoms with Gasteiger partial charge in [0.05, 0.1) is 6.10 Å². The van der Waals surface area contributed by atoms with E-state index in [1.807, 2.05) is 6.07 Å². The van der Waals surface area contributed by atoms with E-state index < -0.39 is 0 Å². The van der Waals surface area contributed by atoms with Crippen molar-refractivity contribution in [3.05, 3.63) is 29.3 Å².